The zero-order valence-corrected chi connectivity index (χ0v) is 16.6. The fourth-order valence-corrected chi connectivity index (χ4v) is 3.17. The van der Waals surface area contributed by atoms with Gasteiger partial charge in [0.2, 0.25) is 0 Å². The van der Waals surface area contributed by atoms with E-state index in [9.17, 15) is 18.7 Å². The number of halogens is 3. The molecule has 0 bridgehead atoms. The number of aliphatic hydroxyl groups is 1. The Bertz CT molecular complexity index is 1020. The molecule has 29 heavy (non-hydrogen) atoms. The van der Waals surface area contributed by atoms with Crippen molar-refractivity contribution in [2.75, 3.05) is 6.54 Å². The van der Waals surface area contributed by atoms with Gasteiger partial charge >= 0.3 is 0 Å². The van der Waals surface area contributed by atoms with Gasteiger partial charge in [0.25, 0.3) is 5.91 Å². The van der Waals surface area contributed by atoms with Crippen LogP contribution in [0.3, 0.4) is 0 Å². The first-order valence-corrected chi connectivity index (χ1v) is 9.40. The van der Waals surface area contributed by atoms with E-state index in [0.29, 0.717) is 22.3 Å². The molecule has 0 aliphatic carbocycles. The van der Waals surface area contributed by atoms with Crippen LogP contribution in [0, 0.1) is 11.6 Å². The summed E-state index contributed by atoms with van der Waals surface area (Å²) in [5.41, 5.74) is 1.70. The number of hydrogen-bond acceptors (Lipinski definition) is 3. The largest absolute Gasteiger partial charge is 0.386 e. The molecule has 2 N–H and O–H groups in total. The maximum Gasteiger partial charge on any atom is 0.254 e. The molecule has 5 nitrogen and oxygen atoms in total. The first-order chi connectivity index (χ1) is 13.8. The molecule has 0 saturated heterocycles. The van der Waals surface area contributed by atoms with Crippen LogP contribution in [0.15, 0.2) is 48.7 Å². The Morgan fingerprint density at radius 3 is 2.52 bits per heavy atom. The molecule has 0 fully saturated rings. The normalized spacial score (nSPS) is 12.2. The second-order valence-corrected chi connectivity index (χ2v) is 7.31. The molecule has 1 aromatic heterocycles. The number of benzene rings is 2. The third-order valence-corrected chi connectivity index (χ3v) is 4.70. The molecular formula is C21H20ClF2N3O2. The van der Waals surface area contributed by atoms with Gasteiger partial charge in [-0.2, -0.15) is 5.10 Å². The maximum atomic E-state index is 13.8. The fraction of sp³-hybridized carbons (Fsp3) is 0.238. The number of aliphatic hydroxyl groups excluding tert-OH is 1. The standard InChI is InChI=1S/C21H20ClF2N3O2/c1-12(2)20-17(10-26-27(20)15-6-3-13(22)4-7-15)21(29)25-11-19(28)16-8-5-14(23)9-18(16)24/h3-10,12,19,28H,11H2,1-2H3,(H,25,29). The van der Waals surface area contributed by atoms with Crippen LogP contribution >= 0.6 is 11.6 Å². The van der Waals surface area contributed by atoms with Gasteiger partial charge in [0.1, 0.15) is 11.6 Å². The average Bonchev–Trinajstić information content (AvgIpc) is 3.12. The number of amides is 1. The van der Waals surface area contributed by atoms with E-state index in [1.807, 2.05) is 13.8 Å². The van der Waals surface area contributed by atoms with Crippen molar-refractivity contribution in [2.24, 2.45) is 0 Å². The second kappa shape index (κ2) is 8.71. The van der Waals surface area contributed by atoms with E-state index >= 15 is 0 Å². The first kappa shape index (κ1) is 21.0. The SMILES string of the molecule is CC(C)c1c(C(=O)NCC(O)c2ccc(F)cc2F)cnn1-c1ccc(Cl)cc1. The molecule has 2 aromatic carbocycles. The Balaban J connectivity index is 1.79. The van der Waals surface area contributed by atoms with Gasteiger partial charge in [-0.3, -0.25) is 4.79 Å². The number of nitrogens with zero attached hydrogens (tertiary/aromatic N) is 2. The van der Waals surface area contributed by atoms with Crippen LogP contribution in [0.2, 0.25) is 5.02 Å². The minimum absolute atomic E-state index is 0.0200. The fourth-order valence-electron chi connectivity index (χ4n) is 3.04. The van der Waals surface area contributed by atoms with Crippen molar-refractivity contribution in [1.82, 2.24) is 15.1 Å². The molecule has 1 amide bonds. The minimum atomic E-state index is -1.31. The topological polar surface area (TPSA) is 67.2 Å². The van der Waals surface area contributed by atoms with Gasteiger partial charge < -0.3 is 10.4 Å². The lowest BCUT2D eigenvalue weighted by Gasteiger charge is -2.15. The van der Waals surface area contributed by atoms with Gasteiger partial charge in [0.05, 0.1) is 29.2 Å². The van der Waals surface area contributed by atoms with E-state index in [-0.39, 0.29) is 18.0 Å². The van der Waals surface area contributed by atoms with Crippen molar-refractivity contribution < 1.29 is 18.7 Å². The molecular weight excluding hydrogens is 400 g/mol. The molecule has 0 saturated carbocycles. The van der Waals surface area contributed by atoms with Crippen LogP contribution in [0.25, 0.3) is 5.69 Å². The molecule has 0 aliphatic rings. The molecule has 0 spiro atoms. The van der Waals surface area contributed by atoms with Crippen LogP contribution in [0.5, 0.6) is 0 Å². The van der Waals surface area contributed by atoms with Gasteiger partial charge in [0, 0.05) is 23.2 Å². The lowest BCUT2D eigenvalue weighted by molar-refractivity contribution is 0.0912. The Kier molecular flexibility index (Phi) is 6.30. The number of hydrogen-bond donors (Lipinski definition) is 2. The Hall–Kier alpha value is -2.77. The summed E-state index contributed by atoms with van der Waals surface area (Å²) in [6.45, 7) is 3.64. The number of rotatable bonds is 6. The summed E-state index contributed by atoms with van der Waals surface area (Å²) < 4.78 is 28.5. The monoisotopic (exact) mass is 419 g/mol. The quantitative estimate of drug-likeness (QED) is 0.622. The predicted molar refractivity (Wildman–Crippen MR) is 106 cm³/mol. The summed E-state index contributed by atoms with van der Waals surface area (Å²) in [4.78, 5) is 12.7. The van der Waals surface area contributed by atoms with E-state index in [1.54, 1.807) is 28.9 Å². The van der Waals surface area contributed by atoms with Gasteiger partial charge in [-0.1, -0.05) is 31.5 Å². The second-order valence-electron chi connectivity index (χ2n) is 6.88. The van der Waals surface area contributed by atoms with E-state index in [2.05, 4.69) is 10.4 Å². The van der Waals surface area contributed by atoms with E-state index in [4.69, 9.17) is 11.6 Å². The van der Waals surface area contributed by atoms with Gasteiger partial charge in [0.15, 0.2) is 0 Å². The van der Waals surface area contributed by atoms with Crippen molar-refractivity contribution in [2.45, 2.75) is 25.9 Å². The summed E-state index contributed by atoms with van der Waals surface area (Å²) in [6, 6.07) is 9.95. The van der Waals surface area contributed by atoms with Crippen molar-refractivity contribution in [1.29, 1.82) is 0 Å². The molecule has 1 heterocycles. The Morgan fingerprint density at radius 1 is 1.21 bits per heavy atom. The lowest BCUT2D eigenvalue weighted by atomic mass is 10.0. The minimum Gasteiger partial charge on any atom is -0.386 e. The van der Waals surface area contributed by atoms with Crippen molar-refractivity contribution in [3.63, 3.8) is 0 Å². The van der Waals surface area contributed by atoms with Crippen molar-refractivity contribution >= 4 is 17.5 Å². The highest BCUT2D eigenvalue weighted by Gasteiger charge is 2.22. The zero-order chi connectivity index (χ0) is 21.1. The third-order valence-electron chi connectivity index (χ3n) is 4.45. The molecule has 1 unspecified atom stereocenters. The maximum absolute atomic E-state index is 13.8. The summed E-state index contributed by atoms with van der Waals surface area (Å²) in [5.74, 6) is -2.08. The molecule has 3 aromatic rings. The molecule has 8 heteroatoms. The molecule has 1 atom stereocenters. The highest BCUT2D eigenvalue weighted by atomic mass is 35.5. The molecule has 152 valence electrons. The molecule has 3 rings (SSSR count). The lowest BCUT2D eigenvalue weighted by Crippen LogP contribution is -2.29. The molecule has 0 radical (unpaired) electrons. The van der Waals surface area contributed by atoms with Gasteiger partial charge in [-0.25, -0.2) is 13.5 Å². The summed E-state index contributed by atoms with van der Waals surface area (Å²) in [7, 11) is 0. The number of carbonyl (C=O) groups excluding carboxylic acids is 1. The van der Waals surface area contributed by atoms with Gasteiger partial charge in [-0.15, -0.1) is 0 Å². The highest BCUT2D eigenvalue weighted by molar-refractivity contribution is 6.30. The number of aromatic nitrogens is 2. The van der Waals surface area contributed by atoms with Crippen LogP contribution in [-0.4, -0.2) is 27.3 Å². The summed E-state index contributed by atoms with van der Waals surface area (Å²) in [5, 5.41) is 17.7. The van der Waals surface area contributed by atoms with Crippen LogP contribution in [0.1, 0.15) is 47.5 Å². The predicted octanol–water partition coefficient (Wildman–Crippen LogP) is 4.39. The van der Waals surface area contributed by atoms with Crippen LogP contribution in [0.4, 0.5) is 8.78 Å². The van der Waals surface area contributed by atoms with Crippen LogP contribution in [-0.2, 0) is 0 Å². The summed E-state index contributed by atoms with van der Waals surface area (Å²) >= 11 is 5.93. The Labute approximate surface area is 171 Å². The third kappa shape index (κ3) is 4.63. The van der Waals surface area contributed by atoms with E-state index < -0.39 is 23.6 Å². The summed E-state index contributed by atoms with van der Waals surface area (Å²) in [6.07, 6.45) is 0.137. The zero-order valence-electron chi connectivity index (χ0n) is 15.9. The van der Waals surface area contributed by atoms with Crippen molar-refractivity contribution in [3.8, 4) is 5.69 Å². The van der Waals surface area contributed by atoms with E-state index in [1.165, 1.54) is 6.20 Å². The van der Waals surface area contributed by atoms with E-state index in [0.717, 1.165) is 17.8 Å². The van der Waals surface area contributed by atoms with Gasteiger partial charge in [-0.05, 0) is 36.2 Å². The van der Waals surface area contributed by atoms with Crippen molar-refractivity contribution in [3.05, 3.63) is 82.1 Å². The smallest absolute Gasteiger partial charge is 0.254 e. The van der Waals surface area contributed by atoms with Crippen LogP contribution < -0.4 is 5.32 Å². The molecule has 0 aliphatic heterocycles. The first-order valence-electron chi connectivity index (χ1n) is 9.03. The average molecular weight is 420 g/mol. The highest BCUT2D eigenvalue weighted by Crippen LogP contribution is 2.24. The number of nitrogens with one attached hydrogen (secondary N) is 1. The Morgan fingerprint density at radius 2 is 1.90 bits per heavy atom. The number of carbonyl (C=O) groups is 1.